The SMILES string of the molecule is C[C@H]1CN1P(C)N1C[C@@H]1C. The Morgan fingerprint density at radius 3 is 1.60 bits per heavy atom. The summed E-state index contributed by atoms with van der Waals surface area (Å²) in [6.45, 7) is 9.68. The smallest absolute Gasteiger partial charge is 0.0368 e. The Morgan fingerprint density at radius 1 is 1.10 bits per heavy atom. The number of hydrogen-bond acceptors (Lipinski definition) is 2. The summed E-state index contributed by atoms with van der Waals surface area (Å²) in [5.74, 6) is 0. The van der Waals surface area contributed by atoms with E-state index in [-0.39, 0.29) is 8.22 Å². The molecule has 2 aliphatic heterocycles. The number of nitrogens with zero attached hydrogens (tertiary/aromatic N) is 2. The van der Waals surface area contributed by atoms with Crippen molar-refractivity contribution in [1.82, 2.24) is 9.34 Å². The Bertz CT molecular complexity index is 135. The summed E-state index contributed by atoms with van der Waals surface area (Å²) in [4.78, 5) is 0. The van der Waals surface area contributed by atoms with Gasteiger partial charge in [-0.2, -0.15) is 0 Å². The first-order chi connectivity index (χ1) is 4.70. The predicted molar refractivity (Wildman–Crippen MR) is 45.2 cm³/mol. The van der Waals surface area contributed by atoms with Crippen LogP contribution in [0.2, 0.25) is 0 Å². The van der Waals surface area contributed by atoms with E-state index in [1.54, 1.807) is 0 Å². The molecule has 2 fully saturated rings. The van der Waals surface area contributed by atoms with Crippen LogP contribution in [-0.2, 0) is 0 Å². The molecule has 0 radical (unpaired) electrons. The number of rotatable bonds is 2. The second-order valence-electron chi connectivity index (χ2n) is 3.43. The van der Waals surface area contributed by atoms with Crippen molar-refractivity contribution in [2.45, 2.75) is 25.9 Å². The van der Waals surface area contributed by atoms with E-state index in [0.29, 0.717) is 0 Å². The molecule has 0 saturated carbocycles. The van der Waals surface area contributed by atoms with Crippen molar-refractivity contribution in [3.63, 3.8) is 0 Å². The first-order valence-electron chi connectivity index (χ1n) is 3.97. The van der Waals surface area contributed by atoms with Gasteiger partial charge in [-0.25, -0.2) is 0 Å². The third-order valence-corrected chi connectivity index (χ3v) is 5.00. The Morgan fingerprint density at radius 2 is 1.40 bits per heavy atom. The lowest BCUT2D eigenvalue weighted by Gasteiger charge is -2.14. The van der Waals surface area contributed by atoms with Crippen LogP contribution in [0.15, 0.2) is 0 Å². The molecule has 0 aromatic heterocycles. The van der Waals surface area contributed by atoms with Crippen molar-refractivity contribution >= 4 is 8.22 Å². The van der Waals surface area contributed by atoms with Crippen LogP contribution < -0.4 is 0 Å². The maximum atomic E-state index is 2.60. The van der Waals surface area contributed by atoms with Crippen LogP contribution in [0.25, 0.3) is 0 Å². The standard InChI is InChI=1S/C7H15N2P/c1-6-4-8(6)10(3)9-5-7(9)2/h6-7H,4-5H2,1-3H3/t6-,7-,8?,9?,10?/m0/s1. The van der Waals surface area contributed by atoms with Gasteiger partial charge in [0.25, 0.3) is 0 Å². The van der Waals surface area contributed by atoms with E-state index >= 15 is 0 Å². The molecule has 10 heavy (non-hydrogen) atoms. The van der Waals surface area contributed by atoms with Gasteiger partial charge in [0.05, 0.1) is 0 Å². The van der Waals surface area contributed by atoms with Gasteiger partial charge in [0.1, 0.15) is 0 Å². The van der Waals surface area contributed by atoms with Crippen LogP contribution in [0.1, 0.15) is 13.8 Å². The van der Waals surface area contributed by atoms with Crippen LogP contribution in [0.3, 0.4) is 0 Å². The van der Waals surface area contributed by atoms with E-state index in [1.807, 2.05) is 0 Å². The zero-order chi connectivity index (χ0) is 7.30. The number of hydrogen-bond donors (Lipinski definition) is 0. The molecule has 2 unspecified atom stereocenters. The van der Waals surface area contributed by atoms with E-state index in [9.17, 15) is 0 Å². The van der Waals surface area contributed by atoms with Crippen LogP contribution in [-0.4, -0.2) is 41.2 Å². The third kappa shape index (κ3) is 1.09. The van der Waals surface area contributed by atoms with Gasteiger partial charge in [-0.05, 0) is 20.5 Å². The summed E-state index contributed by atoms with van der Waals surface area (Å²) in [6.07, 6.45) is 0. The second kappa shape index (κ2) is 2.17. The van der Waals surface area contributed by atoms with Crippen LogP contribution >= 0.6 is 8.22 Å². The van der Waals surface area contributed by atoms with Crippen LogP contribution in [0.4, 0.5) is 0 Å². The highest BCUT2D eigenvalue weighted by Crippen LogP contribution is 2.54. The summed E-state index contributed by atoms with van der Waals surface area (Å²) >= 11 is 0. The zero-order valence-electron chi connectivity index (χ0n) is 6.91. The average molecular weight is 158 g/mol. The quantitative estimate of drug-likeness (QED) is 0.442. The van der Waals surface area contributed by atoms with Crippen molar-refractivity contribution in [2.75, 3.05) is 19.8 Å². The van der Waals surface area contributed by atoms with Crippen molar-refractivity contribution in [3.8, 4) is 0 Å². The minimum atomic E-state index is 0.112. The molecule has 2 aliphatic rings. The summed E-state index contributed by atoms with van der Waals surface area (Å²) in [7, 11) is 0.112. The molecule has 2 nitrogen and oxygen atoms in total. The Labute approximate surface area is 64.0 Å². The van der Waals surface area contributed by atoms with Crippen molar-refractivity contribution < 1.29 is 0 Å². The highest BCUT2D eigenvalue weighted by molar-refractivity contribution is 7.52. The molecule has 0 aromatic carbocycles. The van der Waals surface area contributed by atoms with E-state index < -0.39 is 0 Å². The van der Waals surface area contributed by atoms with E-state index in [1.165, 1.54) is 13.1 Å². The molecule has 2 heterocycles. The normalized spacial score (nSPS) is 54.3. The lowest BCUT2D eigenvalue weighted by Crippen LogP contribution is -2.00. The Balaban J connectivity index is 1.83. The fourth-order valence-corrected chi connectivity index (χ4v) is 3.78. The van der Waals surface area contributed by atoms with E-state index in [2.05, 4.69) is 29.9 Å². The van der Waals surface area contributed by atoms with Gasteiger partial charge < -0.3 is 0 Å². The fraction of sp³-hybridized carbons (Fsp3) is 1.00. The first kappa shape index (κ1) is 7.02. The lowest BCUT2D eigenvalue weighted by atomic mass is 10.6. The molecule has 4 atom stereocenters. The van der Waals surface area contributed by atoms with Gasteiger partial charge in [-0.1, -0.05) is 0 Å². The zero-order valence-corrected chi connectivity index (χ0v) is 7.80. The first-order valence-corrected chi connectivity index (χ1v) is 5.66. The van der Waals surface area contributed by atoms with Crippen molar-refractivity contribution in [1.29, 1.82) is 0 Å². The van der Waals surface area contributed by atoms with E-state index in [4.69, 9.17) is 0 Å². The average Bonchev–Trinajstić information content (AvgIpc) is 2.70. The monoisotopic (exact) mass is 158 g/mol. The molecule has 0 N–H and O–H groups in total. The maximum absolute atomic E-state index is 2.60. The molecular weight excluding hydrogens is 143 g/mol. The molecule has 58 valence electrons. The van der Waals surface area contributed by atoms with Gasteiger partial charge in [-0.15, -0.1) is 0 Å². The summed E-state index contributed by atoms with van der Waals surface area (Å²) < 4.78 is 5.19. The molecule has 2 rings (SSSR count). The van der Waals surface area contributed by atoms with Gasteiger partial charge >= 0.3 is 0 Å². The molecule has 0 amide bonds. The van der Waals surface area contributed by atoms with Crippen LogP contribution in [0, 0.1) is 0 Å². The molecule has 3 heteroatoms. The molecule has 0 bridgehead atoms. The fourth-order valence-electron chi connectivity index (χ4n) is 1.40. The van der Waals surface area contributed by atoms with Crippen molar-refractivity contribution in [2.24, 2.45) is 0 Å². The van der Waals surface area contributed by atoms with Gasteiger partial charge in [0.2, 0.25) is 0 Å². The molecule has 0 aromatic rings. The van der Waals surface area contributed by atoms with Crippen LogP contribution in [0.5, 0.6) is 0 Å². The lowest BCUT2D eigenvalue weighted by molar-refractivity contribution is 0.726. The Kier molecular flexibility index (Phi) is 1.52. The second-order valence-corrected chi connectivity index (χ2v) is 5.44. The molecule has 0 aliphatic carbocycles. The highest BCUT2D eigenvalue weighted by Gasteiger charge is 2.43. The molecule has 2 saturated heterocycles. The van der Waals surface area contributed by atoms with Gasteiger partial charge in [0, 0.05) is 33.4 Å². The highest BCUT2D eigenvalue weighted by atomic mass is 31.1. The summed E-state index contributed by atoms with van der Waals surface area (Å²) in [5.41, 5.74) is 0. The summed E-state index contributed by atoms with van der Waals surface area (Å²) in [6, 6.07) is 1.76. The molecular formula is C7H15N2P. The van der Waals surface area contributed by atoms with Gasteiger partial charge in [-0.3, -0.25) is 9.34 Å². The van der Waals surface area contributed by atoms with Gasteiger partial charge in [0.15, 0.2) is 0 Å². The predicted octanol–water partition coefficient (Wildman–Crippen LogP) is 1.34. The topological polar surface area (TPSA) is 6.02 Å². The molecule has 0 spiro atoms. The summed E-state index contributed by atoms with van der Waals surface area (Å²) in [5, 5.41) is 0. The van der Waals surface area contributed by atoms with E-state index in [0.717, 1.165) is 12.1 Å². The van der Waals surface area contributed by atoms with Crippen molar-refractivity contribution in [3.05, 3.63) is 0 Å². The largest absolute Gasteiger partial charge is 0.264 e. The maximum Gasteiger partial charge on any atom is 0.0368 e. The minimum Gasteiger partial charge on any atom is -0.264 e. The minimum absolute atomic E-state index is 0.112. The Hall–Kier alpha value is 0.350. The third-order valence-electron chi connectivity index (χ3n) is 2.40.